The van der Waals surface area contributed by atoms with Gasteiger partial charge in [-0.2, -0.15) is 0 Å². The van der Waals surface area contributed by atoms with E-state index >= 15 is 0 Å². The van der Waals surface area contributed by atoms with Crippen LogP contribution in [0.25, 0.3) is 0 Å². The van der Waals surface area contributed by atoms with Gasteiger partial charge in [-0.3, -0.25) is 4.79 Å². The Hall–Kier alpha value is -2.05. The van der Waals surface area contributed by atoms with E-state index in [0.29, 0.717) is 47.8 Å². The fourth-order valence-corrected chi connectivity index (χ4v) is 8.89. The van der Waals surface area contributed by atoms with Crippen LogP contribution in [0, 0.1) is 46.3 Å². The monoisotopic (exact) mass is 485 g/mol. The minimum absolute atomic E-state index is 0.0675. The van der Waals surface area contributed by atoms with Crippen LogP contribution < -0.4 is 5.32 Å². The van der Waals surface area contributed by atoms with E-state index in [9.17, 15) is 9.90 Å². The van der Waals surface area contributed by atoms with Gasteiger partial charge in [0.15, 0.2) is 5.78 Å². The van der Waals surface area contributed by atoms with Crippen LogP contribution in [0.2, 0.25) is 0 Å². The Balaban J connectivity index is 1.43. The summed E-state index contributed by atoms with van der Waals surface area (Å²) in [6, 6.07) is 9.53. The molecule has 1 aromatic rings. The number of allylic oxidation sites excluding steroid dienone is 1. The van der Waals surface area contributed by atoms with E-state index in [4.69, 9.17) is 0 Å². The Morgan fingerprint density at radius 1 is 1.03 bits per heavy atom. The predicted molar refractivity (Wildman–Crippen MR) is 145 cm³/mol. The summed E-state index contributed by atoms with van der Waals surface area (Å²) in [7, 11) is 0. The molecule has 0 amide bonds. The number of hydrogen-bond acceptors (Lipinski definition) is 3. The average Bonchev–Trinajstić information content (AvgIpc) is 3.63. The third-order valence-electron chi connectivity index (χ3n) is 10.9. The highest BCUT2D eigenvalue weighted by Crippen LogP contribution is 2.70. The van der Waals surface area contributed by atoms with E-state index in [0.717, 1.165) is 44.2 Å². The topological polar surface area (TPSA) is 49.3 Å². The van der Waals surface area contributed by atoms with Gasteiger partial charge in [-0.1, -0.05) is 43.4 Å². The molecule has 6 rings (SSSR count). The molecular weight excluding hydrogens is 442 g/mol. The minimum atomic E-state index is -0.887. The number of fused-ring (bicyclic) bond motifs is 5. The molecule has 3 heteroatoms. The Morgan fingerprint density at radius 2 is 1.78 bits per heavy atom. The van der Waals surface area contributed by atoms with Crippen molar-refractivity contribution in [1.82, 2.24) is 0 Å². The minimum Gasteiger partial charge on any atom is -0.383 e. The number of nitrogens with one attached hydrogen (secondary N) is 1. The van der Waals surface area contributed by atoms with Crippen LogP contribution >= 0.6 is 0 Å². The third kappa shape index (κ3) is 3.78. The molecule has 2 N–H and O–H groups in total. The predicted octanol–water partition coefficient (Wildman–Crippen LogP) is 6.88. The van der Waals surface area contributed by atoms with Crippen LogP contribution in [0.15, 0.2) is 35.9 Å². The first-order valence-corrected chi connectivity index (χ1v) is 14.5. The highest BCUT2D eigenvalue weighted by molar-refractivity contribution is 5.91. The number of anilines is 1. The molecule has 1 aromatic carbocycles. The van der Waals surface area contributed by atoms with Gasteiger partial charge in [0.1, 0.15) is 5.60 Å². The molecule has 5 aliphatic rings. The third-order valence-corrected chi connectivity index (χ3v) is 10.9. The van der Waals surface area contributed by atoms with Crippen LogP contribution in [0.1, 0.15) is 97.0 Å². The summed E-state index contributed by atoms with van der Waals surface area (Å²) < 4.78 is 0. The highest BCUT2D eigenvalue weighted by Gasteiger charge is 2.66. The number of hydrogen-bond donors (Lipinski definition) is 2. The van der Waals surface area contributed by atoms with Crippen LogP contribution in [-0.4, -0.2) is 22.5 Å². The quantitative estimate of drug-likeness (QED) is 0.459. The number of carbonyl (C=O) groups is 1. The van der Waals surface area contributed by atoms with Gasteiger partial charge < -0.3 is 10.4 Å². The van der Waals surface area contributed by atoms with Crippen LogP contribution in [0.5, 0.6) is 0 Å². The molecule has 0 saturated heterocycles. The van der Waals surface area contributed by atoms with Gasteiger partial charge in [-0.05, 0) is 118 Å². The zero-order valence-corrected chi connectivity index (χ0v) is 22.6. The lowest BCUT2D eigenvalue weighted by molar-refractivity contribution is -0.122. The molecular formula is C33H43NO2. The first-order chi connectivity index (χ1) is 17.1. The molecule has 0 aromatic heterocycles. The molecule has 5 aliphatic carbocycles. The summed E-state index contributed by atoms with van der Waals surface area (Å²) in [5.74, 6) is 9.66. The molecule has 0 unspecified atom stereocenters. The summed E-state index contributed by atoms with van der Waals surface area (Å²) in [6.45, 7) is 9.17. The summed E-state index contributed by atoms with van der Waals surface area (Å²) >= 11 is 0. The maximum Gasteiger partial charge on any atom is 0.155 e. The fourth-order valence-electron chi connectivity index (χ4n) is 8.89. The fraction of sp³-hybridized carbons (Fsp3) is 0.667. The lowest BCUT2D eigenvalue weighted by Crippen LogP contribution is -2.57. The Labute approximate surface area is 217 Å². The second-order valence-corrected chi connectivity index (χ2v) is 13.5. The molecule has 7 atom stereocenters. The molecule has 36 heavy (non-hydrogen) atoms. The Kier molecular flexibility index (Phi) is 5.73. The maximum absolute atomic E-state index is 12.4. The lowest BCUT2D eigenvalue weighted by Gasteiger charge is -2.61. The normalized spacial score (nSPS) is 41.5. The van der Waals surface area contributed by atoms with Gasteiger partial charge in [0.25, 0.3) is 0 Å². The van der Waals surface area contributed by atoms with Crippen molar-refractivity contribution in [2.24, 2.45) is 34.5 Å². The second-order valence-electron chi connectivity index (χ2n) is 13.5. The molecule has 4 fully saturated rings. The molecule has 0 spiro atoms. The van der Waals surface area contributed by atoms with Crippen molar-refractivity contribution in [2.45, 2.75) is 103 Å². The van der Waals surface area contributed by atoms with Gasteiger partial charge in [0.2, 0.25) is 0 Å². The van der Waals surface area contributed by atoms with Crippen LogP contribution in [0.3, 0.4) is 0 Å². The van der Waals surface area contributed by atoms with Crippen molar-refractivity contribution >= 4 is 11.5 Å². The lowest BCUT2D eigenvalue weighted by atomic mass is 9.43. The van der Waals surface area contributed by atoms with E-state index in [1.54, 1.807) is 0 Å². The van der Waals surface area contributed by atoms with Crippen molar-refractivity contribution in [1.29, 1.82) is 0 Å². The largest absolute Gasteiger partial charge is 0.383 e. The molecule has 0 radical (unpaired) electrons. The Bertz CT molecular complexity index is 1130. The second kappa shape index (κ2) is 8.49. The summed E-state index contributed by atoms with van der Waals surface area (Å²) in [4.78, 5) is 12.4. The molecule has 0 aliphatic heterocycles. The van der Waals surface area contributed by atoms with E-state index < -0.39 is 5.60 Å². The zero-order chi connectivity index (χ0) is 25.3. The highest BCUT2D eigenvalue weighted by atomic mass is 16.3. The van der Waals surface area contributed by atoms with Crippen LogP contribution in [0.4, 0.5) is 5.69 Å². The number of carbonyl (C=O) groups excluding carboxylic acids is 1. The maximum atomic E-state index is 12.4. The van der Waals surface area contributed by atoms with Crippen molar-refractivity contribution in [3.63, 3.8) is 0 Å². The van der Waals surface area contributed by atoms with Crippen molar-refractivity contribution in [2.75, 3.05) is 5.32 Å². The number of aliphatic hydroxyl groups is 1. The molecule has 192 valence electrons. The number of ketones is 1. The Morgan fingerprint density at radius 3 is 2.47 bits per heavy atom. The van der Waals surface area contributed by atoms with Crippen molar-refractivity contribution < 1.29 is 9.90 Å². The van der Waals surface area contributed by atoms with Gasteiger partial charge in [0, 0.05) is 29.5 Å². The first-order valence-electron chi connectivity index (χ1n) is 14.5. The first kappa shape index (κ1) is 24.3. The van der Waals surface area contributed by atoms with Gasteiger partial charge in [0.05, 0.1) is 0 Å². The van der Waals surface area contributed by atoms with E-state index in [-0.39, 0.29) is 10.8 Å². The van der Waals surface area contributed by atoms with Gasteiger partial charge >= 0.3 is 0 Å². The standard InChI is InChI=1S/C33H43NO2/c1-21(2)34-25-10-7-23(8-11-25)28-20-32(4)29(15-18-33(32,36)17-13-22-5-6-22)27-12-9-24-19-26(35)14-16-31(24,3)30(27)28/h7-8,10-11,19,21-22,27-30,34,36H,5-6,9,12,14-16,18,20H2,1-4H3/t27-,28+,29-,30+,31-,32-,33-/m0/s1. The smallest absolute Gasteiger partial charge is 0.155 e. The van der Waals surface area contributed by atoms with Crippen LogP contribution in [-0.2, 0) is 4.79 Å². The SMILES string of the molecule is CC(C)Nc1ccc([C@H]2C[C@@]3(C)[C@@H](CC[C@@]3(O)C#CC3CC3)[C@@H]3CCC4=CC(=O)CC[C@]4(C)[C@H]32)cc1. The summed E-state index contributed by atoms with van der Waals surface area (Å²) in [5.41, 5.74) is 2.94. The van der Waals surface area contributed by atoms with Crippen molar-refractivity contribution in [3.8, 4) is 11.8 Å². The number of benzene rings is 1. The van der Waals surface area contributed by atoms with E-state index in [2.05, 4.69) is 69.1 Å². The van der Waals surface area contributed by atoms with Crippen molar-refractivity contribution in [3.05, 3.63) is 41.5 Å². The summed E-state index contributed by atoms with van der Waals surface area (Å²) in [5, 5.41) is 15.6. The molecule has 3 nitrogen and oxygen atoms in total. The summed E-state index contributed by atoms with van der Waals surface area (Å²) in [6.07, 6.45) is 11.1. The molecule has 0 heterocycles. The average molecular weight is 486 g/mol. The van der Waals surface area contributed by atoms with E-state index in [1.807, 2.05) is 6.08 Å². The molecule has 4 saturated carbocycles. The van der Waals surface area contributed by atoms with E-state index in [1.165, 1.54) is 24.0 Å². The zero-order valence-electron chi connectivity index (χ0n) is 22.6. The van der Waals surface area contributed by atoms with Gasteiger partial charge in [-0.25, -0.2) is 0 Å². The van der Waals surface area contributed by atoms with Gasteiger partial charge in [-0.15, -0.1) is 0 Å². The molecule has 0 bridgehead atoms. The number of rotatable bonds is 3.